The maximum Gasteiger partial charge on any atom is 0.0721 e. The van der Waals surface area contributed by atoms with Gasteiger partial charge in [0.15, 0.2) is 0 Å². The summed E-state index contributed by atoms with van der Waals surface area (Å²) >= 11 is 6.49. The molecule has 5 atom stereocenters. The zero-order valence-corrected chi connectivity index (χ0v) is 15.6. The summed E-state index contributed by atoms with van der Waals surface area (Å²) in [5.41, 5.74) is 0. The lowest BCUT2D eigenvalue weighted by Gasteiger charge is -2.18. The fourth-order valence-corrected chi connectivity index (χ4v) is 3.71. The number of halogens is 1. The first-order chi connectivity index (χ1) is 11.0. The van der Waals surface area contributed by atoms with Crippen molar-refractivity contribution in [3.8, 4) is 0 Å². The molecule has 0 aromatic carbocycles. The molecular formula is C20H35ClO2. The van der Waals surface area contributed by atoms with Gasteiger partial charge in [0, 0.05) is 5.38 Å². The summed E-state index contributed by atoms with van der Waals surface area (Å²) in [4.78, 5) is 0. The Balaban J connectivity index is 2.37. The highest BCUT2D eigenvalue weighted by Gasteiger charge is 2.32. The van der Waals surface area contributed by atoms with Crippen LogP contribution in [0, 0.1) is 11.8 Å². The molecule has 0 heterocycles. The Hall–Kier alpha value is -0.310. The van der Waals surface area contributed by atoms with Crippen LogP contribution in [-0.4, -0.2) is 27.8 Å². The fourth-order valence-electron chi connectivity index (χ4n) is 3.29. The first-order valence-electron chi connectivity index (χ1n) is 9.38. The lowest BCUT2D eigenvalue weighted by molar-refractivity contribution is 0.163. The average molecular weight is 343 g/mol. The van der Waals surface area contributed by atoms with E-state index in [1.165, 1.54) is 19.3 Å². The van der Waals surface area contributed by atoms with Gasteiger partial charge in [0.1, 0.15) is 0 Å². The van der Waals surface area contributed by atoms with E-state index in [9.17, 15) is 10.2 Å². The van der Waals surface area contributed by atoms with Crippen LogP contribution in [0.2, 0.25) is 0 Å². The van der Waals surface area contributed by atoms with Gasteiger partial charge in [-0.25, -0.2) is 0 Å². The Kier molecular flexibility index (Phi) is 10.9. The zero-order chi connectivity index (χ0) is 17.1. The predicted octanol–water partition coefficient (Wildman–Crippen LogP) is 5.22. The van der Waals surface area contributed by atoms with Crippen LogP contribution >= 0.6 is 11.6 Å². The van der Waals surface area contributed by atoms with Gasteiger partial charge < -0.3 is 10.2 Å². The molecule has 0 radical (unpaired) electrons. The maximum atomic E-state index is 10.0. The molecule has 0 aromatic heterocycles. The van der Waals surface area contributed by atoms with E-state index < -0.39 is 6.10 Å². The van der Waals surface area contributed by atoms with Crippen molar-refractivity contribution in [2.75, 3.05) is 0 Å². The molecule has 1 rings (SSSR count). The quantitative estimate of drug-likeness (QED) is 0.307. The highest BCUT2D eigenvalue weighted by molar-refractivity contribution is 6.21. The largest absolute Gasteiger partial charge is 0.393 e. The molecule has 2 nitrogen and oxygen atoms in total. The first kappa shape index (κ1) is 20.7. The van der Waals surface area contributed by atoms with Gasteiger partial charge in [-0.2, -0.15) is 0 Å². The number of hydrogen-bond donors (Lipinski definition) is 2. The van der Waals surface area contributed by atoms with Gasteiger partial charge in [-0.05, 0) is 63.7 Å². The molecule has 1 fully saturated rings. The van der Waals surface area contributed by atoms with E-state index in [4.69, 9.17) is 11.6 Å². The molecule has 0 amide bonds. The molecule has 1 saturated carbocycles. The lowest BCUT2D eigenvalue weighted by atomic mass is 9.91. The fraction of sp³-hybridized carbons (Fsp3) is 0.800. The van der Waals surface area contributed by atoms with Gasteiger partial charge >= 0.3 is 0 Å². The standard InChI is InChI=1S/C20H35ClO2/c1-3-4-5-6-7-11-19-17(13-15-20(19)21)12-14-18(23)10-8-9-16(2)22/h6-7,12,14,16-20,22-23H,3-5,8-11,13,15H2,1-2H3/b7-6-,14-12+/t16?,17?,18-,19+,20?/m0/s1. The van der Waals surface area contributed by atoms with E-state index in [0.29, 0.717) is 11.8 Å². The number of unbranched alkanes of at least 4 members (excludes halogenated alkanes) is 2. The molecule has 0 spiro atoms. The molecule has 0 bridgehead atoms. The smallest absolute Gasteiger partial charge is 0.0721 e. The second kappa shape index (κ2) is 12.1. The molecule has 23 heavy (non-hydrogen) atoms. The normalized spacial score (nSPS) is 28.0. The molecule has 0 aliphatic heterocycles. The van der Waals surface area contributed by atoms with Crippen LogP contribution in [-0.2, 0) is 0 Å². The van der Waals surface area contributed by atoms with Crippen molar-refractivity contribution in [1.82, 2.24) is 0 Å². The maximum absolute atomic E-state index is 10.0. The molecule has 1 aliphatic carbocycles. The Bertz CT molecular complexity index is 352. The summed E-state index contributed by atoms with van der Waals surface area (Å²) in [5, 5.41) is 19.5. The van der Waals surface area contributed by atoms with E-state index in [1.54, 1.807) is 6.92 Å². The van der Waals surface area contributed by atoms with E-state index in [2.05, 4.69) is 25.2 Å². The van der Waals surface area contributed by atoms with Gasteiger partial charge in [0.2, 0.25) is 0 Å². The minimum atomic E-state index is -0.399. The number of rotatable bonds is 11. The van der Waals surface area contributed by atoms with Crippen LogP contribution in [0.25, 0.3) is 0 Å². The molecular weight excluding hydrogens is 308 g/mol. The lowest BCUT2D eigenvalue weighted by Crippen LogP contribution is -2.13. The van der Waals surface area contributed by atoms with Crippen molar-refractivity contribution < 1.29 is 10.2 Å². The summed E-state index contributed by atoms with van der Waals surface area (Å²) in [5.74, 6) is 0.982. The van der Waals surface area contributed by atoms with Gasteiger partial charge in [-0.15, -0.1) is 11.6 Å². The molecule has 0 saturated heterocycles. The third-order valence-corrected chi connectivity index (χ3v) is 5.33. The van der Waals surface area contributed by atoms with E-state index in [1.807, 2.05) is 6.08 Å². The molecule has 1 aliphatic rings. The molecule has 134 valence electrons. The summed E-state index contributed by atoms with van der Waals surface area (Å²) in [6.45, 7) is 4.01. The molecule has 3 unspecified atom stereocenters. The van der Waals surface area contributed by atoms with Gasteiger partial charge in [0.25, 0.3) is 0 Å². The van der Waals surface area contributed by atoms with Crippen LogP contribution in [0.5, 0.6) is 0 Å². The minimum Gasteiger partial charge on any atom is -0.393 e. The van der Waals surface area contributed by atoms with Crippen LogP contribution in [0.3, 0.4) is 0 Å². The second-order valence-corrected chi connectivity index (χ2v) is 7.56. The highest BCUT2D eigenvalue weighted by Crippen LogP contribution is 2.39. The summed E-state index contributed by atoms with van der Waals surface area (Å²) < 4.78 is 0. The van der Waals surface area contributed by atoms with E-state index in [-0.39, 0.29) is 11.5 Å². The number of alkyl halides is 1. The van der Waals surface area contributed by atoms with Crippen molar-refractivity contribution in [1.29, 1.82) is 0 Å². The summed E-state index contributed by atoms with van der Waals surface area (Å²) in [6.07, 6.45) is 17.3. The Morgan fingerprint density at radius 3 is 2.61 bits per heavy atom. The topological polar surface area (TPSA) is 40.5 Å². The Morgan fingerprint density at radius 2 is 1.91 bits per heavy atom. The van der Waals surface area contributed by atoms with Crippen molar-refractivity contribution in [2.45, 2.75) is 89.2 Å². The van der Waals surface area contributed by atoms with Crippen LogP contribution in [0.15, 0.2) is 24.3 Å². The monoisotopic (exact) mass is 342 g/mol. The SMILES string of the molecule is CCCC/C=C\C[C@H]1C(Cl)CCC1/C=C/[C@@H](O)CCCC(C)O. The average Bonchev–Trinajstić information content (AvgIpc) is 2.85. The van der Waals surface area contributed by atoms with Crippen LogP contribution in [0.4, 0.5) is 0 Å². The summed E-state index contributed by atoms with van der Waals surface area (Å²) in [7, 11) is 0. The molecule has 3 heteroatoms. The molecule has 2 N–H and O–H groups in total. The first-order valence-corrected chi connectivity index (χ1v) is 9.81. The highest BCUT2D eigenvalue weighted by atomic mass is 35.5. The van der Waals surface area contributed by atoms with Crippen LogP contribution in [0.1, 0.15) is 71.6 Å². The molecule has 0 aromatic rings. The third kappa shape index (κ3) is 8.93. The number of aliphatic hydroxyl groups excluding tert-OH is 2. The minimum absolute atomic E-state index is 0.257. The third-order valence-electron chi connectivity index (χ3n) is 4.79. The number of allylic oxidation sites excluding steroid dienone is 3. The summed E-state index contributed by atoms with van der Waals surface area (Å²) in [6, 6.07) is 0. The number of aliphatic hydroxyl groups is 2. The van der Waals surface area contributed by atoms with Crippen molar-refractivity contribution in [2.24, 2.45) is 11.8 Å². The zero-order valence-electron chi connectivity index (χ0n) is 14.8. The van der Waals surface area contributed by atoms with Crippen molar-refractivity contribution >= 4 is 11.6 Å². The van der Waals surface area contributed by atoms with E-state index in [0.717, 1.165) is 38.5 Å². The predicted molar refractivity (Wildman–Crippen MR) is 99.8 cm³/mol. The second-order valence-electron chi connectivity index (χ2n) is 7.00. The van der Waals surface area contributed by atoms with Gasteiger partial charge in [0.05, 0.1) is 12.2 Å². The van der Waals surface area contributed by atoms with Crippen molar-refractivity contribution in [3.63, 3.8) is 0 Å². The Morgan fingerprint density at radius 1 is 1.13 bits per heavy atom. The van der Waals surface area contributed by atoms with Gasteiger partial charge in [-0.3, -0.25) is 0 Å². The van der Waals surface area contributed by atoms with Crippen molar-refractivity contribution in [3.05, 3.63) is 24.3 Å². The van der Waals surface area contributed by atoms with E-state index >= 15 is 0 Å². The number of hydrogen-bond acceptors (Lipinski definition) is 2. The Labute approximate surface area is 147 Å². The van der Waals surface area contributed by atoms with Gasteiger partial charge in [-0.1, -0.05) is 44.1 Å². The van der Waals surface area contributed by atoms with Crippen LogP contribution < -0.4 is 0 Å².